The summed E-state index contributed by atoms with van der Waals surface area (Å²) in [5, 5.41) is 5.84. The molecule has 2 aliphatic rings. The van der Waals surface area contributed by atoms with Crippen LogP contribution in [0.2, 0.25) is 0 Å². The van der Waals surface area contributed by atoms with E-state index in [1.54, 1.807) is 31.4 Å². The van der Waals surface area contributed by atoms with Crippen molar-refractivity contribution in [3.63, 3.8) is 0 Å². The van der Waals surface area contributed by atoms with E-state index in [-0.39, 0.29) is 18.2 Å². The van der Waals surface area contributed by atoms with Crippen LogP contribution in [0.4, 0.5) is 5.69 Å². The quantitative estimate of drug-likeness (QED) is 0.858. The van der Waals surface area contributed by atoms with Gasteiger partial charge in [0.25, 0.3) is 0 Å². The molecular formula is C17H21N3O3S. The Morgan fingerprint density at radius 2 is 2.04 bits per heavy atom. The zero-order valence-corrected chi connectivity index (χ0v) is 14.4. The molecule has 2 N–H and O–H groups in total. The zero-order chi connectivity index (χ0) is 16.9. The van der Waals surface area contributed by atoms with Gasteiger partial charge in [0.1, 0.15) is 11.0 Å². The summed E-state index contributed by atoms with van der Waals surface area (Å²) in [7, 11) is 1.59. The van der Waals surface area contributed by atoms with Gasteiger partial charge in [0.2, 0.25) is 11.8 Å². The third-order valence-electron chi connectivity index (χ3n) is 4.15. The van der Waals surface area contributed by atoms with E-state index < -0.39 is 5.25 Å². The van der Waals surface area contributed by atoms with Crippen LogP contribution in [0.1, 0.15) is 32.1 Å². The molecule has 1 aromatic rings. The van der Waals surface area contributed by atoms with E-state index in [2.05, 4.69) is 15.6 Å². The van der Waals surface area contributed by atoms with Crippen LogP contribution < -0.4 is 15.4 Å². The fourth-order valence-electron chi connectivity index (χ4n) is 2.85. The number of nitrogens with one attached hydrogen (secondary N) is 2. The molecule has 7 heteroatoms. The molecule has 2 fully saturated rings. The monoisotopic (exact) mass is 347 g/mol. The molecule has 1 aromatic carbocycles. The zero-order valence-electron chi connectivity index (χ0n) is 13.6. The molecule has 2 amide bonds. The van der Waals surface area contributed by atoms with Crippen LogP contribution in [0.5, 0.6) is 5.75 Å². The van der Waals surface area contributed by atoms with Crippen LogP contribution in [-0.4, -0.2) is 35.4 Å². The standard InChI is InChI=1S/C17H21N3O3S/c1-23-13-8-6-12(7-9-13)18-15(21)10-14-16(22)20-17(24-14)19-11-4-2-3-5-11/h6-9,11,14H,2-5,10H2,1H3,(H,18,21)(H,19,20,22)/t14-/m1/s1. The first-order valence-electron chi connectivity index (χ1n) is 8.13. The smallest absolute Gasteiger partial charge is 0.240 e. The minimum Gasteiger partial charge on any atom is -0.497 e. The first kappa shape index (κ1) is 16.8. The Bertz CT molecular complexity index is 639. The van der Waals surface area contributed by atoms with Crippen LogP contribution in [0.25, 0.3) is 0 Å². The van der Waals surface area contributed by atoms with Crippen molar-refractivity contribution < 1.29 is 14.3 Å². The molecule has 1 aliphatic heterocycles. The van der Waals surface area contributed by atoms with Gasteiger partial charge in [-0.1, -0.05) is 24.6 Å². The van der Waals surface area contributed by atoms with E-state index in [9.17, 15) is 9.59 Å². The first-order valence-corrected chi connectivity index (χ1v) is 9.01. The number of ether oxygens (including phenoxy) is 1. The molecule has 1 aliphatic carbocycles. The van der Waals surface area contributed by atoms with Gasteiger partial charge in [-0.25, -0.2) is 0 Å². The number of carbonyl (C=O) groups excluding carboxylic acids is 2. The molecule has 1 heterocycles. The van der Waals surface area contributed by atoms with Crippen molar-refractivity contribution in [3.05, 3.63) is 24.3 Å². The molecular weight excluding hydrogens is 326 g/mol. The van der Waals surface area contributed by atoms with Gasteiger partial charge in [-0.05, 0) is 37.1 Å². The number of carbonyl (C=O) groups is 2. The van der Waals surface area contributed by atoms with Crippen molar-refractivity contribution in [2.75, 3.05) is 12.4 Å². The molecule has 0 bridgehead atoms. The number of aliphatic imine (C=N–C) groups is 1. The van der Waals surface area contributed by atoms with Gasteiger partial charge in [-0.15, -0.1) is 0 Å². The maximum Gasteiger partial charge on any atom is 0.240 e. The Labute approximate surface area is 145 Å². The highest BCUT2D eigenvalue weighted by Gasteiger charge is 2.32. The fourth-order valence-corrected chi connectivity index (χ4v) is 3.89. The molecule has 24 heavy (non-hydrogen) atoms. The average molecular weight is 347 g/mol. The van der Waals surface area contributed by atoms with Crippen molar-refractivity contribution in [1.82, 2.24) is 5.32 Å². The summed E-state index contributed by atoms with van der Waals surface area (Å²) >= 11 is 1.36. The number of methoxy groups -OCH3 is 1. The minimum atomic E-state index is -0.414. The highest BCUT2D eigenvalue weighted by atomic mass is 32.2. The molecule has 0 aromatic heterocycles. The largest absolute Gasteiger partial charge is 0.497 e. The Morgan fingerprint density at radius 1 is 1.33 bits per heavy atom. The summed E-state index contributed by atoms with van der Waals surface area (Å²) in [4.78, 5) is 28.8. The van der Waals surface area contributed by atoms with Crippen LogP contribution in [0.15, 0.2) is 29.3 Å². The molecule has 6 nitrogen and oxygen atoms in total. The molecule has 1 saturated heterocycles. The summed E-state index contributed by atoms with van der Waals surface area (Å²) in [6.07, 6.45) is 4.71. The van der Waals surface area contributed by atoms with Gasteiger partial charge in [-0.3, -0.25) is 14.6 Å². The average Bonchev–Trinajstić information content (AvgIpc) is 3.19. The van der Waals surface area contributed by atoms with Gasteiger partial charge in [0, 0.05) is 12.1 Å². The van der Waals surface area contributed by atoms with Crippen LogP contribution >= 0.6 is 11.8 Å². The van der Waals surface area contributed by atoms with Gasteiger partial charge in [0.15, 0.2) is 5.17 Å². The Kier molecular flexibility index (Phi) is 5.40. The number of amides is 2. The Hall–Kier alpha value is -2.02. The maximum absolute atomic E-state index is 12.1. The number of benzene rings is 1. The number of amidine groups is 1. The summed E-state index contributed by atoms with van der Waals surface area (Å²) < 4.78 is 5.08. The van der Waals surface area contributed by atoms with Crippen molar-refractivity contribution >= 4 is 34.4 Å². The van der Waals surface area contributed by atoms with E-state index in [0.29, 0.717) is 16.9 Å². The van der Waals surface area contributed by atoms with Crippen LogP contribution in [0, 0.1) is 0 Å². The topological polar surface area (TPSA) is 79.8 Å². The summed E-state index contributed by atoms with van der Waals surface area (Å²) in [5.41, 5.74) is 0.684. The van der Waals surface area contributed by atoms with E-state index >= 15 is 0 Å². The van der Waals surface area contributed by atoms with E-state index in [1.165, 1.54) is 24.6 Å². The van der Waals surface area contributed by atoms with Crippen molar-refractivity contribution in [3.8, 4) is 5.75 Å². The van der Waals surface area contributed by atoms with Gasteiger partial charge < -0.3 is 15.4 Å². The maximum atomic E-state index is 12.1. The molecule has 128 valence electrons. The van der Waals surface area contributed by atoms with Gasteiger partial charge >= 0.3 is 0 Å². The number of hydrogen-bond donors (Lipinski definition) is 2. The Balaban J connectivity index is 1.53. The molecule has 0 unspecified atom stereocenters. The normalized spacial score (nSPS) is 22.6. The Morgan fingerprint density at radius 3 is 2.71 bits per heavy atom. The van der Waals surface area contributed by atoms with E-state index in [1.807, 2.05) is 0 Å². The highest BCUT2D eigenvalue weighted by Crippen LogP contribution is 2.27. The predicted molar refractivity (Wildman–Crippen MR) is 95.5 cm³/mol. The second-order valence-electron chi connectivity index (χ2n) is 5.95. The lowest BCUT2D eigenvalue weighted by Gasteiger charge is -2.08. The highest BCUT2D eigenvalue weighted by molar-refractivity contribution is 8.15. The van der Waals surface area contributed by atoms with Gasteiger partial charge in [-0.2, -0.15) is 0 Å². The second-order valence-corrected chi connectivity index (χ2v) is 7.14. The molecule has 0 spiro atoms. The van der Waals surface area contributed by atoms with Crippen LogP contribution in [0.3, 0.4) is 0 Å². The lowest BCUT2D eigenvalue weighted by atomic mass is 10.2. The molecule has 1 atom stereocenters. The number of anilines is 1. The van der Waals surface area contributed by atoms with E-state index in [4.69, 9.17) is 4.74 Å². The molecule has 0 radical (unpaired) electrons. The molecule has 1 saturated carbocycles. The van der Waals surface area contributed by atoms with Gasteiger partial charge in [0.05, 0.1) is 13.2 Å². The third kappa shape index (κ3) is 4.29. The number of thioether (sulfide) groups is 1. The number of rotatable bonds is 5. The third-order valence-corrected chi connectivity index (χ3v) is 5.24. The summed E-state index contributed by atoms with van der Waals surface area (Å²) in [5.74, 6) is 0.406. The lowest BCUT2D eigenvalue weighted by molar-refractivity contribution is -0.122. The number of hydrogen-bond acceptors (Lipinski definition) is 5. The van der Waals surface area contributed by atoms with E-state index in [0.717, 1.165) is 18.6 Å². The molecule has 3 rings (SSSR count). The van der Waals surface area contributed by atoms with Crippen molar-refractivity contribution in [2.24, 2.45) is 4.99 Å². The lowest BCUT2D eigenvalue weighted by Crippen LogP contribution is -2.28. The summed E-state index contributed by atoms with van der Waals surface area (Å²) in [6, 6.07) is 7.41. The van der Waals surface area contributed by atoms with Crippen LogP contribution in [-0.2, 0) is 9.59 Å². The SMILES string of the molecule is COc1ccc(NC(=O)C[C@H]2SC(=NC3CCCC3)NC2=O)cc1. The number of nitrogens with zero attached hydrogens (tertiary/aromatic N) is 1. The fraction of sp³-hybridized carbons (Fsp3) is 0.471. The van der Waals surface area contributed by atoms with Crippen molar-refractivity contribution in [2.45, 2.75) is 43.4 Å². The predicted octanol–water partition coefficient (Wildman–Crippen LogP) is 2.55. The van der Waals surface area contributed by atoms with Crippen molar-refractivity contribution in [1.29, 1.82) is 0 Å². The second kappa shape index (κ2) is 7.70. The minimum absolute atomic E-state index is 0.131. The first-order chi connectivity index (χ1) is 11.6. The summed E-state index contributed by atoms with van der Waals surface area (Å²) in [6.45, 7) is 0.